The Hall–Kier alpha value is -1.49. The van der Waals surface area contributed by atoms with Crippen LogP contribution in [0.4, 0.5) is 5.95 Å². The first-order chi connectivity index (χ1) is 8.83. The number of hydrogen-bond donors (Lipinski definition) is 0. The molecule has 4 nitrogen and oxygen atoms in total. The van der Waals surface area contributed by atoms with Crippen molar-refractivity contribution in [3.05, 3.63) is 47.0 Å². The standard InChI is InChI=1S/C13H13BrN4/c14-11-7-16-13(17-8-11)18(12-3-4-12)9-10-2-1-5-15-6-10/h1-2,5-8,12H,3-4,9H2. The summed E-state index contributed by atoms with van der Waals surface area (Å²) < 4.78 is 0.906. The largest absolute Gasteiger partial charge is 0.333 e. The molecule has 0 aromatic carbocycles. The Morgan fingerprint density at radius 3 is 2.61 bits per heavy atom. The third-order valence-corrected chi connectivity index (χ3v) is 3.34. The second kappa shape index (κ2) is 5.02. The molecule has 0 unspecified atom stereocenters. The number of nitrogens with zero attached hydrogens (tertiary/aromatic N) is 4. The minimum Gasteiger partial charge on any atom is -0.333 e. The van der Waals surface area contributed by atoms with Crippen LogP contribution in [0.5, 0.6) is 0 Å². The number of halogens is 1. The van der Waals surface area contributed by atoms with Gasteiger partial charge in [0.1, 0.15) is 0 Å². The van der Waals surface area contributed by atoms with Gasteiger partial charge in [0.2, 0.25) is 5.95 Å². The molecule has 18 heavy (non-hydrogen) atoms. The van der Waals surface area contributed by atoms with Crippen LogP contribution in [-0.4, -0.2) is 21.0 Å². The van der Waals surface area contributed by atoms with Crippen molar-refractivity contribution >= 4 is 21.9 Å². The average molecular weight is 305 g/mol. The molecule has 1 aliphatic rings. The van der Waals surface area contributed by atoms with Gasteiger partial charge in [-0.15, -0.1) is 0 Å². The van der Waals surface area contributed by atoms with E-state index < -0.39 is 0 Å². The molecule has 2 aromatic heterocycles. The smallest absolute Gasteiger partial charge is 0.225 e. The van der Waals surface area contributed by atoms with Crippen LogP contribution in [0.25, 0.3) is 0 Å². The summed E-state index contributed by atoms with van der Waals surface area (Å²) in [6, 6.07) is 4.62. The molecule has 0 aliphatic heterocycles. The topological polar surface area (TPSA) is 41.9 Å². The highest BCUT2D eigenvalue weighted by Crippen LogP contribution is 2.31. The molecular formula is C13H13BrN4. The van der Waals surface area contributed by atoms with E-state index in [1.807, 2.05) is 12.3 Å². The van der Waals surface area contributed by atoms with Crippen LogP contribution in [-0.2, 0) is 6.54 Å². The first kappa shape index (κ1) is 11.6. The number of hydrogen-bond acceptors (Lipinski definition) is 4. The fourth-order valence-electron chi connectivity index (χ4n) is 1.89. The number of pyridine rings is 1. The quantitative estimate of drug-likeness (QED) is 0.871. The minimum atomic E-state index is 0.575. The lowest BCUT2D eigenvalue weighted by Crippen LogP contribution is -2.26. The van der Waals surface area contributed by atoms with Gasteiger partial charge >= 0.3 is 0 Å². The summed E-state index contributed by atoms with van der Waals surface area (Å²) in [5.41, 5.74) is 1.19. The first-order valence-electron chi connectivity index (χ1n) is 5.96. The lowest BCUT2D eigenvalue weighted by Gasteiger charge is -2.22. The zero-order valence-corrected chi connectivity index (χ0v) is 11.4. The number of aromatic nitrogens is 3. The summed E-state index contributed by atoms with van der Waals surface area (Å²) in [4.78, 5) is 15.2. The Labute approximate surface area is 114 Å². The summed E-state index contributed by atoms with van der Waals surface area (Å²) in [6.45, 7) is 0.820. The van der Waals surface area contributed by atoms with Crippen LogP contribution in [0, 0.1) is 0 Å². The molecule has 0 N–H and O–H groups in total. The SMILES string of the molecule is Brc1cnc(N(Cc2cccnc2)C2CC2)nc1. The van der Waals surface area contributed by atoms with Crippen molar-refractivity contribution in [3.63, 3.8) is 0 Å². The lowest BCUT2D eigenvalue weighted by molar-refractivity contribution is 0.755. The third kappa shape index (κ3) is 2.67. The van der Waals surface area contributed by atoms with E-state index in [1.54, 1.807) is 18.6 Å². The Bertz CT molecular complexity index is 510. The fraction of sp³-hybridized carbons (Fsp3) is 0.308. The molecule has 1 aliphatic carbocycles. The lowest BCUT2D eigenvalue weighted by atomic mass is 10.2. The predicted octanol–water partition coefficient (Wildman–Crippen LogP) is 2.80. The van der Waals surface area contributed by atoms with Crippen molar-refractivity contribution in [2.75, 3.05) is 4.90 Å². The summed E-state index contributed by atoms with van der Waals surface area (Å²) in [7, 11) is 0. The van der Waals surface area contributed by atoms with Gasteiger partial charge in [0.05, 0.1) is 4.47 Å². The van der Waals surface area contributed by atoms with E-state index in [-0.39, 0.29) is 0 Å². The van der Waals surface area contributed by atoms with Gasteiger partial charge < -0.3 is 4.90 Å². The van der Waals surface area contributed by atoms with Gasteiger partial charge in [0.25, 0.3) is 0 Å². The molecule has 3 rings (SSSR count). The summed E-state index contributed by atoms with van der Waals surface area (Å²) >= 11 is 3.36. The third-order valence-electron chi connectivity index (χ3n) is 2.93. The molecule has 92 valence electrons. The van der Waals surface area contributed by atoms with Crippen molar-refractivity contribution in [3.8, 4) is 0 Å². The van der Waals surface area contributed by atoms with Crippen molar-refractivity contribution < 1.29 is 0 Å². The van der Waals surface area contributed by atoms with Gasteiger partial charge in [0.15, 0.2) is 0 Å². The Kier molecular flexibility index (Phi) is 3.23. The van der Waals surface area contributed by atoms with E-state index in [9.17, 15) is 0 Å². The second-order valence-corrected chi connectivity index (χ2v) is 5.34. The van der Waals surface area contributed by atoms with Crippen molar-refractivity contribution in [2.45, 2.75) is 25.4 Å². The van der Waals surface area contributed by atoms with Gasteiger partial charge in [-0.05, 0) is 40.4 Å². The van der Waals surface area contributed by atoms with Gasteiger partial charge in [-0.3, -0.25) is 4.98 Å². The maximum Gasteiger partial charge on any atom is 0.225 e. The van der Waals surface area contributed by atoms with Crippen LogP contribution in [0.2, 0.25) is 0 Å². The number of anilines is 1. The molecule has 1 saturated carbocycles. The Morgan fingerprint density at radius 1 is 1.22 bits per heavy atom. The summed E-state index contributed by atoms with van der Waals surface area (Å²) in [5.74, 6) is 0.796. The van der Waals surface area contributed by atoms with Crippen molar-refractivity contribution in [1.82, 2.24) is 15.0 Å². The van der Waals surface area contributed by atoms with Gasteiger partial charge in [0, 0.05) is 37.4 Å². The van der Waals surface area contributed by atoms with Gasteiger partial charge in [-0.1, -0.05) is 6.07 Å². The van der Waals surface area contributed by atoms with Gasteiger partial charge in [-0.25, -0.2) is 9.97 Å². The predicted molar refractivity (Wildman–Crippen MR) is 73.2 cm³/mol. The Balaban J connectivity index is 1.82. The summed E-state index contributed by atoms with van der Waals surface area (Å²) in [5, 5.41) is 0. The minimum absolute atomic E-state index is 0.575. The molecule has 0 atom stereocenters. The van der Waals surface area contributed by atoms with Crippen LogP contribution < -0.4 is 4.90 Å². The van der Waals surface area contributed by atoms with E-state index >= 15 is 0 Å². The van der Waals surface area contributed by atoms with E-state index in [4.69, 9.17) is 0 Å². The molecule has 0 amide bonds. The highest BCUT2D eigenvalue weighted by Gasteiger charge is 2.30. The fourth-order valence-corrected chi connectivity index (χ4v) is 2.10. The first-order valence-corrected chi connectivity index (χ1v) is 6.75. The summed E-state index contributed by atoms with van der Waals surface area (Å²) in [6.07, 6.45) is 9.72. The molecule has 2 heterocycles. The van der Waals surface area contributed by atoms with Crippen molar-refractivity contribution in [1.29, 1.82) is 0 Å². The zero-order chi connectivity index (χ0) is 12.4. The second-order valence-electron chi connectivity index (χ2n) is 4.42. The molecule has 0 radical (unpaired) electrons. The molecule has 1 fully saturated rings. The van der Waals surface area contributed by atoms with E-state index in [0.717, 1.165) is 17.0 Å². The van der Waals surface area contributed by atoms with Crippen molar-refractivity contribution in [2.24, 2.45) is 0 Å². The molecule has 0 bridgehead atoms. The van der Waals surface area contributed by atoms with Crippen LogP contribution in [0.1, 0.15) is 18.4 Å². The highest BCUT2D eigenvalue weighted by atomic mass is 79.9. The average Bonchev–Trinajstić information content (AvgIpc) is 3.23. The molecule has 0 spiro atoms. The van der Waals surface area contributed by atoms with E-state index in [0.29, 0.717) is 6.04 Å². The zero-order valence-electron chi connectivity index (χ0n) is 9.83. The van der Waals surface area contributed by atoms with E-state index in [2.05, 4.69) is 41.8 Å². The molecule has 5 heteroatoms. The molecule has 0 saturated heterocycles. The van der Waals surface area contributed by atoms with Crippen LogP contribution in [0.15, 0.2) is 41.4 Å². The monoisotopic (exact) mass is 304 g/mol. The van der Waals surface area contributed by atoms with E-state index in [1.165, 1.54) is 18.4 Å². The normalized spacial score (nSPS) is 14.5. The van der Waals surface area contributed by atoms with Crippen LogP contribution in [0.3, 0.4) is 0 Å². The maximum absolute atomic E-state index is 4.38. The molecule has 2 aromatic rings. The van der Waals surface area contributed by atoms with Gasteiger partial charge in [-0.2, -0.15) is 0 Å². The number of rotatable bonds is 4. The maximum atomic E-state index is 4.38. The Morgan fingerprint density at radius 2 is 2.00 bits per heavy atom. The highest BCUT2D eigenvalue weighted by molar-refractivity contribution is 9.10. The molecular weight excluding hydrogens is 292 g/mol. The van der Waals surface area contributed by atoms with Crippen LogP contribution >= 0.6 is 15.9 Å².